The molecule has 0 saturated heterocycles. The summed E-state index contributed by atoms with van der Waals surface area (Å²) in [5.74, 6) is 0.439. The third-order valence-corrected chi connectivity index (χ3v) is 3.46. The average Bonchev–Trinajstić information content (AvgIpc) is 2.82. The quantitative estimate of drug-likeness (QED) is 0.920. The lowest BCUT2D eigenvalue weighted by molar-refractivity contribution is 0.0949. The molecule has 1 aromatic heterocycles. The monoisotopic (exact) mass is 305 g/mol. The van der Waals surface area contributed by atoms with E-state index in [1.165, 1.54) is 0 Å². The number of amides is 1. The lowest BCUT2D eigenvalue weighted by Gasteiger charge is -2.12. The Kier molecular flexibility index (Phi) is 5.02. The van der Waals surface area contributed by atoms with Crippen molar-refractivity contribution in [2.45, 2.75) is 33.9 Å². The standard InChI is InChI=1S/C16H20ClN3O/c1-11(2)9-20-10-18-7-14(20)8-19-16(21)15-5-4-13(17)6-12(15)3/h4-7,10-11H,8-9H2,1-3H3,(H,19,21). The van der Waals surface area contributed by atoms with Crippen molar-refractivity contribution in [3.63, 3.8) is 0 Å². The topological polar surface area (TPSA) is 46.9 Å². The fourth-order valence-corrected chi connectivity index (χ4v) is 2.43. The minimum absolute atomic E-state index is 0.0959. The third kappa shape index (κ3) is 4.08. The van der Waals surface area contributed by atoms with Gasteiger partial charge in [0.25, 0.3) is 5.91 Å². The lowest BCUT2D eigenvalue weighted by Crippen LogP contribution is -2.25. The van der Waals surface area contributed by atoms with Gasteiger partial charge in [0.15, 0.2) is 0 Å². The maximum absolute atomic E-state index is 12.2. The second-order valence-electron chi connectivity index (χ2n) is 5.57. The Morgan fingerprint density at radius 3 is 2.86 bits per heavy atom. The van der Waals surface area contributed by atoms with Crippen LogP contribution in [-0.2, 0) is 13.1 Å². The van der Waals surface area contributed by atoms with Gasteiger partial charge < -0.3 is 9.88 Å². The van der Waals surface area contributed by atoms with Crippen molar-refractivity contribution >= 4 is 17.5 Å². The van der Waals surface area contributed by atoms with Crippen LogP contribution in [0.4, 0.5) is 0 Å². The first-order valence-electron chi connectivity index (χ1n) is 7.00. The Hall–Kier alpha value is -1.81. The Morgan fingerprint density at radius 1 is 1.43 bits per heavy atom. The van der Waals surface area contributed by atoms with Gasteiger partial charge in [-0.3, -0.25) is 4.79 Å². The van der Waals surface area contributed by atoms with Crippen LogP contribution in [0, 0.1) is 12.8 Å². The van der Waals surface area contributed by atoms with Gasteiger partial charge in [-0.15, -0.1) is 0 Å². The molecule has 5 heteroatoms. The van der Waals surface area contributed by atoms with Gasteiger partial charge in [0.1, 0.15) is 0 Å². The summed E-state index contributed by atoms with van der Waals surface area (Å²) in [6, 6.07) is 5.27. The van der Waals surface area contributed by atoms with E-state index in [2.05, 4.69) is 28.7 Å². The van der Waals surface area contributed by atoms with Crippen LogP contribution >= 0.6 is 11.6 Å². The first-order valence-corrected chi connectivity index (χ1v) is 7.38. The number of rotatable bonds is 5. The molecule has 0 aliphatic carbocycles. The van der Waals surface area contributed by atoms with Gasteiger partial charge in [-0.05, 0) is 36.6 Å². The molecular formula is C16H20ClN3O. The van der Waals surface area contributed by atoms with Crippen molar-refractivity contribution < 1.29 is 4.79 Å². The number of imidazole rings is 1. The summed E-state index contributed by atoms with van der Waals surface area (Å²) in [4.78, 5) is 16.4. The van der Waals surface area contributed by atoms with Crippen LogP contribution in [0.5, 0.6) is 0 Å². The summed E-state index contributed by atoms with van der Waals surface area (Å²) >= 11 is 5.91. The predicted octanol–water partition coefficient (Wildman–Crippen LogP) is 3.43. The SMILES string of the molecule is Cc1cc(Cl)ccc1C(=O)NCc1cncn1CC(C)C. The van der Waals surface area contributed by atoms with Crippen LogP contribution in [0.1, 0.15) is 35.5 Å². The lowest BCUT2D eigenvalue weighted by atomic mass is 10.1. The number of nitrogens with one attached hydrogen (secondary N) is 1. The molecule has 0 aliphatic rings. The summed E-state index contributed by atoms with van der Waals surface area (Å²) < 4.78 is 2.07. The van der Waals surface area contributed by atoms with Gasteiger partial charge in [0.05, 0.1) is 18.6 Å². The maximum atomic E-state index is 12.2. The van der Waals surface area contributed by atoms with Gasteiger partial charge in [-0.1, -0.05) is 25.4 Å². The molecular weight excluding hydrogens is 286 g/mol. The number of nitrogens with zero attached hydrogens (tertiary/aromatic N) is 2. The fraction of sp³-hybridized carbons (Fsp3) is 0.375. The van der Waals surface area contributed by atoms with Crippen molar-refractivity contribution in [3.05, 3.63) is 52.6 Å². The molecule has 0 bridgehead atoms. The van der Waals surface area contributed by atoms with E-state index in [0.29, 0.717) is 23.0 Å². The Labute approximate surface area is 130 Å². The number of benzene rings is 1. The van der Waals surface area contributed by atoms with Crippen molar-refractivity contribution in [2.24, 2.45) is 5.92 Å². The van der Waals surface area contributed by atoms with Crippen LogP contribution in [0.25, 0.3) is 0 Å². The van der Waals surface area contributed by atoms with E-state index in [1.54, 1.807) is 30.7 Å². The zero-order valence-electron chi connectivity index (χ0n) is 12.6. The summed E-state index contributed by atoms with van der Waals surface area (Å²) in [6.45, 7) is 7.54. The highest BCUT2D eigenvalue weighted by molar-refractivity contribution is 6.30. The van der Waals surface area contributed by atoms with Crippen molar-refractivity contribution in [1.82, 2.24) is 14.9 Å². The van der Waals surface area contributed by atoms with Crippen molar-refractivity contribution in [2.75, 3.05) is 0 Å². The van der Waals surface area contributed by atoms with E-state index >= 15 is 0 Å². The zero-order valence-corrected chi connectivity index (χ0v) is 13.3. The van der Waals surface area contributed by atoms with Crippen LogP contribution < -0.4 is 5.32 Å². The molecule has 1 aromatic carbocycles. The van der Waals surface area contributed by atoms with Gasteiger partial charge >= 0.3 is 0 Å². The number of aromatic nitrogens is 2. The van der Waals surface area contributed by atoms with E-state index in [-0.39, 0.29) is 5.91 Å². The molecule has 21 heavy (non-hydrogen) atoms. The number of carbonyl (C=O) groups excluding carboxylic acids is 1. The highest BCUT2D eigenvalue weighted by Gasteiger charge is 2.10. The largest absolute Gasteiger partial charge is 0.346 e. The molecule has 0 saturated carbocycles. The molecule has 0 atom stereocenters. The molecule has 0 aliphatic heterocycles. The smallest absolute Gasteiger partial charge is 0.251 e. The van der Waals surface area contributed by atoms with Crippen LogP contribution in [0.3, 0.4) is 0 Å². The summed E-state index contributed by atoms with van der Waals surface area (Å²) in [5.41, 5.74) is 2.52. The second kappa shape index (κ2) is 6.76. The van der Waals surface area contributed by atoms with Gasteiger partial charge in [-0.25, -0.2) is 4.98 Å². The third-order valence-electron chi connectivity index (χ3n) is 3.22. The number of aryl methyl sites for hydroxylation is 1. The molecule has 0 fully saturated rings. The molecule has 2 rings (SSSR count). The van der Waals surface area contributed by atoms with E-state index in [1.807, 2.05) is 6.92 Å². The molecule has 0 radical (unpaired) electrons. The number of hydrogen-bond acceptors (Lipinski definition) is 2. The fourth-order valence-electron chi connectivity index (χ4n) is 2.20. The molecule has 112 valence electrons. The second-order valence-corrected chi connectivity index (χ2v) is 6.01. The van der Waals surface area contributed by atoms with Gasteiger partial charge in [0, 0.05) is 23.3 Å². The summed E-state index contributed by atoms with van der Waals surface area (Å²) in [6.07, 6.45) is 3.59. The van der Waals surface area contributed by atoms with E-state index in [9.17, 15) is 4.79 Å². The predicted molar refractivity (Wildman–Crippen MR) is 84.4 cm³/mol. The molecule has 0 spiro atoms. The Morgan fingerprint density at radius 2 is 2.19 bits per heavy atom. The highest BCUT2D eigenvalue weighted by atomic mass is 35.5. The molecule has 1 N–H and O–H groups in total. The normalized spacial score (nSPS) is 10.9. The number of halogens is 1. The molecule has 1 amide bonds. The van der Waals surface area contributed by atoms with Crippen molar-refractivity contribution in [1.29, 1.82) is 0 Å². The Balaban J connectivity index is 2.03. The van der Waals surface area contributed by atoms with Gasteiger partial charge in [0.2, 0.25) is 0 Å². The van der Waals surface area contributed by atoms with E-state index in [0.717, 1.165) is 17.8 Å². The first kappa shape index (κ1) is 15.6. The van der Waals surface area contributed by atoms with Crippen LogP contribution in [0.15, 0.2) is 30.7 Å². The van der Waals surface area contributed by atoms with E-state index in [4.69, 9.17) is 11.6 Å². The number of carbonyl (C=O) groups is 1. The summed E-state index contributed by atoms with van der Waals surface area (Å²) in [5, 5.41) is 3.57. The van der Waals surface area contributed by atoms with Gasteiger partial charge in [-0.2, -0.15) is 0 Å². The molecule has 1 heterocycles. The average molecular weight is 306 g/mol. The van der Waals surface area contributed by atoms with Crippen LogP contribution in [0.2, 0.25) is 5.02 Å². The molecule has 4 nitrogen and oxygen atoms in total. The zero-order chi connectivity index (χ0) is 15.4. The molecule has 0 unspecified atom stereocenters. The highest BCUT2D eigenvalue weighted by Crippen LogP contribution is 2.15. The van der Waals surface area contributed by atoms with Crippen LogP contribution in [-0.4, -0.2) is 15.5 Å². The Bertz CT molecular complexity index is 634. The minimum Gasteiger partial charge on any atom is -0.346 e. The van der Waals surface area contributed by atoms with Crippen molar-refractivity contribution in [3.8, 4) is 0 Å². The first-order chi connectivity index (χ1) is 9.97. The maximum Gasteiger partial charge on any atom is 0.251 e. The van der Waals surface area contributed by atoms with E-state index < -0.39 is 0 Å². The minimum atomic E-state index is -0.0959. The number of hydrogen-bond donors (Lipinski definition) is 1. The molecule has 2 aromatic rings. The summed E-state index contributed by atoms with van der Waals surface area (Å²) in [7, 11) is 0.